The zero-order valence-electron chi connectivity index (χ0n) is 11.8. The first-order valence-corrected chi connectivity index (χ1v) is 8.35. The van der Waals surface area contributed by atoms with Crippen molar-refractivity contribution < 1.29 is 17.9 Å². The summed E-state index contributed by atoms with van der Waals surface area (Å²) in [5.74, 6) is 4.35. The third-order valence-corrected chi connectivity index (χ3v) is 5.24. The minimum Gasteiger partial charge on any atom is -0.384 e. The van der Waals surface area contributed by atoms with Crippen LogP contribution < -0.4 is 0 Å². The van der Waals surface area contributed by atoms with Crippen molar-refractivity contribution in [3.63, 3.8) is 0 Å². The Morgan fingerprint density at radius 1 is 1.43 bits per heavy atom. The molecule has 1 aliphatic rings. The minimum atomic E-state index is -3.70. The Bertz CT molecular complexity index is 672. The molecule has 21 heavy (non-hydrogen) atoms. The predicted octanol–water partition coefficient (Wildman–Crippen LogP) is 1.73. The summed E-state index contributed by atoms with van der Waals surface area (Å²) in [5.41, 5.74) is 0.0887. The number of aliphatic hydroxyl groups excluding tert-OH is 1. The summed E-state index contributed by atoms with van der Waals surface area (Å²) >= 11 is 0. The Hall–Kier alpha value is -1.42. The summed E-state index contributed by atoms with van der Waals surface area (Å²) in [4.78, 5) is 0.00481. The van der Waals surface area contributed by atoms with Gasteiger partial charge in [0.15, 0.2) is 0 Å². The minimum absolute atomic E-state index is 0.00481. The zero-order valence-corrected chi connectivity index (χ0v) is 12.7. The molecule has 0 saturated heterocycles. The van der Waals surface area contributed by atoms with E-state index in [-0.39, 0.29) is 16.5 Å². The summed E-state index contributed by atoms with van der Waals surface area (Å²) in [5, 5.41) is 8.75. The van der Waals surface area contributed by atoms with Crippen molar-refractivity contribution in [1.82, 2.24) is 4.31 Å². The van der Waals surface area contributed by atoms with E-state index in [0.29, 0.717) is 13.0 Å². The highest BCUT2D eigenvalue weighted by Gasteiger charge is 2.38. The topological polar surface area (TPSA) is 57.6 Å². The Labute approximate surface area is 124 Å². The quantitative estimate of drug-likeness (QED) is 0.843. The van der Waals surface area contributed by atoms with Gasteiger partial charge in [0, 0.05) is 18.2 Å². The van der Waals surface area contributed by atoms with E-state index in [0.717, 1.165) is 25.0 Å². The fraction of sp³-hybridized carbons (Fsp3) is 0.467. The Balaban J connectivity index is 2.47. The lowest BCUT2D eigenvalue weighted by molar-refractivity contribution is 0.350. The molecule has 1 aliphatic carbocycles. The SMILES string of the molecule is CCCN(C1CC1)S(=O)(=O)c1ccc(F)cc1C#CCO. The molecule has 1 aromatic rings. The molecule has 2 rings (SSSR count). The van der Waals surface area contributed by atoms with Crippen molar-refractivity contribution in [2.75, 3.05) is 13.2 Å². The van der Waals surface area contributed by atoms with Gasteiger partial charge >= 0.3 is 0 Å². The van der Waals surface area contributed by atoms with Gasteiger partial charge in [-0.2, -0.15) is 4.31 Å². The molecule has 0 heterocycles. The van der Waals surface area contributed by atoms with Crippen molar-refractivity contribution in [1.29, 1.82) is 0 Å². The van der Waals surface area contributed by atoms with Gasteiger partial charge in [-0.15, -0.1) is 0 Å². The molecule has 0 atom stereocenters. The normalized spacial score (nSPS) is 14.9. The highest BCUT2D eigenvalue weighted by atomic mass is 32.2. The maximum absolute atomic E-state index is 13.3. The molecule has 1 N–H and O–H groups in total. The van der Waals surface area contributed by atoms with Crippen LogP contribution in [0.25, 0.3) is 0 Å². The fourth-order valence-electron chi connectivity index (χ4n) is 2.17. The number of hydrogen-bond acceptors (Lipinski definition) is 3. The summed E-state index contributed by atoms with van der Waals surface area (Å²) in [6.45, 7) is 1.95. The Morgan fingerprint density at radius 3 is 2.71 bits per heavy atom. The molecule has 0 aromatic heterocycles. The average Bonchev–Trinajstić information content (AvgIpc) is 3.26. The van der Waals surface area contributed by atoms with Crippen LogP contribution in [0.5, 0.6) is 0 Å². The summed E-state index contributed by atoms with van der Waals surface area (Å²) in [6, 6.07) is 3.50. The summed E-state index contributed by atoms with van der Waals surface area (Å²) in [7, 11) is -3.70. The molecular formula is C15H18FNO3S. The smallest absolute Gasteiger partial charge is 0.244 e. The summed E-state index contributed by atoms with van der Waals surface area (Å²) in [6.07, 6.45) is 2.44. The van der Waals surface area contributed by atoms with Crippen molar-refractivity contribution in [2.45, 2.75) is 37.1 Å². The van der Waals surface area contributed by atoms with E-state index < -0.39 is 22.4 Å². The van der Waals surface area contributed by atoms with Gasteiger partial charge in [0.05, 0.1) is 4.90 Å². The van der Waals surface area contributed by atoms with Crippen LogP contribution in [0.15, 0.2) is 23.1 Å². The van der Waals surface area contributed by atoms with E-state index in [2.05, 4.69) is 11.8 Å². The number of benzene rings is 1. The van der Waals surface area contributed by atoms with Gasteiger partial charge in [0.1, 0.15) is 12.4 Å². The van der Waals surface area contributed by atoms with Crippen LogP contribution in [0, 0.1) is 17.7 Å². The van der Waals surface area contributed by atoms with E-state index in [1.165, 1.54) is 10.4 Å². The Morgan fingerprint density at radius 2 is 2.14 bits per heavy atom. The number of halogens is 1. The van der Waals surface area contributed by atoms with Gasteiger partial charge in [-0.1, -0.05) is 18.8 Å². The number of rotatable bonds is 5. The molecule has 4 nitrogen and oxygen atoms in total. The molecule has 6 heteroatoms. The molecular weight excluding hydrogens is 293 g/mol. The van der Waals surface area contributed by atoms with Crippen LogP contribution in [0.2, 0.25) is 0 Å². The lowest BCUT2D eigenvalue weighted by atomic mass is 10.2. The molecule has 1 saturated carbocycles. The molecule has 114 valence electrons. The molecule has 0 spiro atoms. The molecule has 0 amide bonds. The van der Waals surface area contributed by atoms with Gasteiger partial charge in [0.2, 0.25) is 10.0 Å². The second-order valence-electron chi connectivity index (χ2n) is 4.95. The fourth-order valence-corrected chi connectivity index (χ4v) is 4.07. The molecule has 0 unspecified atom stereocenters. The third kappa shape index (κ3) is 3.62. The van der Waals surface area contributed by atoms with Crippen molar-refractivity contribution in [3.05, 3.63) is 29.6 Å². The van der Waals surface area contributed by atoms with Crippen LogP contribution in [-0.4, -0.2) is 37.0 Å². The monoisotopic (exact) mass is 311 g/mol. The zero-order chi connectivity index (χ0) is 15.5. The van der Waals surface area contributed by atoms with Crippen LogP contribution in [-0.2, 0) is 10.0 Å². The molecule has 0 bridgehead atoms. The molecule has 0 aliphatic heterocycles. The van der Waals surface area contributed by atoms with E-state index >= 15 is 0 Å². The van der Waals surface area contributed by atoms with Gasteiger partial charge in [-0.05, 0) is 37.5 Å². The van der Waals surface area contributed by atoms with E-state index in [1.807, 2.05) is 6.92 Å². The van der Waals surface area contributed by atoms with Crippen molar-refractivity contribution in [2.24, 2.45) is 0 Å². The number of hydrogen-bond donors (Lipinski definition) is 1. The molecule has 1 aromatic carbocycles. The Kier molecular flexibility index (Phi) is 4.99. The lowest BCUT2D eigenvalue weighted by Gasteiger charge is -2.22. The molecule has 1 fully saturated rings. The maximum atomic E-state index is 13.3. The maximum Gasteiger partial charge on any atom is 0.244 e. The average molecular weight is 311 g/mol. The largest absolute Gasteiger partial charge is 0.384 e. The van der Waals surface area contributed by atoms with Crippen LogP contribution >= 0.6 is 0 Å². The highest BCUT2D eigenvalue weighted by Crippen LogP contribution is 2.33. The first-order chi connectivity index (χ1) is 10.0. The van der Waals surface area contributed by atoms with Crippen LogP contribution in [0.1, 0.15) is 31.7 Å². The van der Waals surface area contributed by atoms with Gasteiger partial charge in [0.25, 0.3) is 0 Å². The second kappa shape index (κ2) is 6.56. The molecule has 0 radical (unpaired) electrons. The summed E-state index contributed by atoms with van der Waals surface area (Å²) < 4.78 is 40.4. The van der Waals surface area contributed by atoms with E-state index in [4.69, 9.17) is 5.11 Å². The van der Waals surface area contributed by atoms with E-state index in [9.17, 15) is 12.8 Å². The number of sulfonamides is 1. The second-order valence-corrected chi connectivity index (χ2v) is 6.81. The highest BCUT2D eigenvalue weighted by molar-refractivity contribution is 7.89. The standard InChI is InChI=1S/C15H18FNO3S/c1-2-9-17(14-6-7-14)21(19,20)15-8-5-13(16)11-12(15)4-3-10-18/h5,8,11,14,18H,2,6-7,9-10H2,1H3. The first kappa shape index (κ1) is 16.0. The van der Waals surface area contributed by atoms with Crippen LogP contribution in [0.3, 0.4) is 0 Å². The van der Waals surface area contributed by atoms with Crippen molar-refractivity contribution in [3.8, 4) is 11.8 Å². The van der Waals surface area contributed by atoms with E-state index in [1.54, 1.807) is 0 Å². The number of aliphatic hydroxyl groups is 1. The van der Waals surface area contributed by atoms with Crippen molar-refractivity contribution >= 4 is 10.0 Å². The van der Waals surface area contributed by atoms with Gasteiger partial charge in [-0.3, -0.25) is 0 Å². The predicted molar refractivity (Wildman–Crippen MR) is 77.6 cm³/mol. The third-order valence-electron chi connectivity index (χ3n) is 3.23. The number of nitrogens with zero attached hydrogens (tertiary/aromatic N) is 1. The van der Waals surface area contributed by atoms with Gasteiger partial charge < -0.3 is 5.11 Å². The lowest BCUT2D eigenvalue weighted by Crippen LogP contribution is -2.34. The van der Waals surface area contributed by atoms with Crippen LogP contribution in [0.4, 0.5) is 4.39 Å². The first-order valence-electron chi connectivity index (χ1n) is 6.91. The van der Waals surface area contributed by atoms with Gasteiger partial charge in [-0.25, -0.2) is 12.8 Å².